The summed E-state index contributed by atoms with van der Waals surface area (Å²) in [7, 11) is 1.20. The lowest BCUT2D eigenvalue weighted by molar-refractivity contribution is -0.870. The third-order valence-electron chi connectivity index (χ3n) is 15.5. The Bertz CT molecular complexity index is 1510. The lowest BCUT2D eigenvalue weighted by Crippen LogP contribution is -2.47. The van der Waals surface area contributed by atoms with Crippen LogP contribution in [0.15, 0.2) is 48.6 Å². The van der Waals surface area contributed by atoms with Crippen LogP contribution in [0.1, 0.15) is 335 Å². The van der Waals surface area contributed by atoms with Gasteiger partial charge in [-0.3, -0.25) is 14.2 Å². The van der Waals surface area contributed by atoms with Gasteiger partial charge in [0.1, 0.15) is 19.3 Å². The molecular weight excluding hydrogens is 1010 g/mol. The highest BCUT2D eigenvalue weighted by Gasteiger charge is 2.27. The number of allylic oxidation sites excluding steroid dienone is 7. The van der Waals surface area contributed by atoms with Crippen molar-refractivity contribution in [1.82, 2.24) is 5.32 Å². The number of phosphoric acid groups is 1. The van der Waals surface area contributed by atoms with Crippen molar-refractivity contribution < 1.29 is 37.3 Å². The zero-order chi connectivity index (χ0) is 58.6. The highest BCUT2D eigenvalue weighted by atomic mass is 31.2. The van der Waals surface area contributed by atoms with Gasteiger partial charge in [-0.15, -0.1) is 0 Å². The van der Waals surface area contributed by atoms with Crippen LogP contribution >= 0.6 is 7.82 Å². The zero-order valence-electron chi connectivity index (χ0n) is 53.8. The Morgan fingerprint density at radius 1 is 0.438 bits per heavy atom. The maximum Gasteiger partial charge on any atom is 0.306 e. The number of ether oxygens (including phenoxy) is 1. The molecule has 10 heteroatoms. The van der Waals surface area contributed by atoms with E-state index in [4.69, 9.17) is 13.8 Å². The second-order valence-corrected chi connectivity index (χ2v) is 26.1. The Balaban J connectivity index is 5.10. The Morgan fingerprint density at radius 2 is 0.762 bits per heavy atom. The van der Waals surface area contributed by atoms with Crippen LogP contribution < -0.4 is 10.2 Å². The number of esters is 1. The van der Waals surface area contributed by atoms with Crippen LogP contribution in [0, 0.1) is 0 Å². The van der Waals surface area contributed by atoms with Crippen LogP contribution in [-0.2, 0) is 27.9 Å². The van der Waals surface area contributed by atoms with Gasteiger partial charge in [0.2, 0.25) is 5.91 Å². The molecule has 0 aromatic carbocycles. The van der Waals surface area contributed by atoms with Crippen LogP contribution in [0.25, 0.3) is 0 Å². The molecule has 0 saturated heterocycles. The summed E-state index contributed by atoms with van der Waals surface area (Å²) >= 11 is 0. The first-order valence-corrected chi connectivity index (χ1v) is 35.9. The molecule has 0 aliphatic rings. The van der Waals surface area contributed by atoms with E-state index < -0.39 is 20.0 Å². The zero-order valence-corrected chi connectivity index (χ0v) is 54.7. The van der Waals surface area contributed by atoms with Gasteiger partial charge in [-0.2, -0.15) is 0 Å². The topological polar surface area (TPSA) is 114 Å². The summed E-state index contributed by atoms with van der Waals surface area (Å²) in [5, 5.41) is 3.04. The molecule has 0 fully saturated rings. The molecule has 3 unspecified atom stereocenters. The SMILES string of the molecule is CCCCC/C=C\C/C=C\C/C=C\CCCCCCCCCCCCCCC(=O)OC(/C=C/CCCCCCCCCCCCC)C(COP(=O)([O-])OCC[N+](C)(C)C)NC(=O)CCCCCCCCCCCCCCCCCC. The van der Waals surface area contributed by atoms with Gasteiger partial charge in [0.05, 0.1) is 33.8 Å². The third kappa shape index (κ3) is 60.6. The standard InChI is InChI=1S/C70H133N2O7P/c1-7-10-13-16-19-22-25-28-30-32-33-34-35-36-37-38-39-40-42-45-48-51-54-57-60-63-70(74)79-68(61-58-55-52-49-46-43-27-24-21-18-15-12-9-3)67(66-78-80(75,76)77-65-64-72(4,5)6)71-69(73)62-59-56-53-50-47-44-41-31-29-26-23-20-17-14-11-8-2/h19,22,28,30,33-34,58,61,67-68H,7-18,20-21,23-27,29,31-32,35-57,59-60,62-66H2,1-6H3,(H-,71,73,75,76)/b22-19-,30-28-,34-33-,61-58+. The van der Waals surface area contributed by atoms with Crippen molar-refractivity contribution in [3.8, 4) is 0 Å². The van der Waals surface area contributed by atoms with Crippen molar-refractivity contribution in [1.29, 1.82) is 0 Å². The molecule has 3 atom stereocenters. The van der Waals surface area contributed by atoms with Crippen molar-refractivity contribution in [2.24, 2.45) is 0 Å². The minimum Gasteiger partial charge on any atom is -0.756 e. The minimum atomic E-state index is -4.70. The van der Waals surface area contributed by atoms with E-state index in [1.54, 1.807) is 0 Å². The molecule has 1 N–H and O–H groups in total. The fourth-order valence-corrected chi connectivity index (χ4v) is 10.9. The number of rotatable bonds is 63. The second kappa shape index (κ2) is 60.1. The van der Waals surface area contributed by atoms with E-state index in [2.05, 4.69) is 62.5 Å². The molecule has 80 heavy (non-hydrogen) atoms. The van der Waals surface area contributed by atoms with Gasteiger partial charge in [-0.05, 0) is 70.3 Å². The lowest BCUT2D eigenvalue weighted by atomic mass is 10.0. The number of quaternary nitrogens is 1. The van der Waals surface area contributed by atoms with E-state index in [0.717, 1.165) is 70.6 Å². The number of amides is 1. The summed E-state index contributed by atoms with van der Waals surface area (Å²) in [6.45, 7) is 6.86. The molecule has 0 radical (unpaired) electrons. The van der Waals surface area contributed by atoms with Crippen LogP contribution in [0.5, 0.6) is 0 Å². The van der Waals surface area contributed by atoms with Crippen LogP contribution in [0.3, 0.4) is 0 Å². The molecule has 0 spiro atoms. The predicted molar refractivity (Wildman–Crippen MR) is 344 cm³/mol. The minimum absolute atomic E-state index is 0.0205. The number of nitrogens with zero attached hydrogens (tertiary/aromatic N) is 1. The molecular formula is C70H133N2O7P. The van der Waals surface area contributed by atoms with Gasteiger partial charge in [0, 0.05) is 12.8 Å². The molecule has 9 nitrogen and oxygen atoms in total. The molecule has 0 saturated carbocycles. The Kier molecular flexibility index (Phi) is 58.6. The van der Waals surface area contributed by atoms with Crippen molar-refractivity contribution in [3.05, 3.63) is 48.6 Å². The number of phosphoric ester groups is 1. The Morgan fingerprint density at radius 3 is 1.16 bits per heavy atom. The quantitative estimate of drug-likeness (QED) is 0.0212. The first kappa shape index (κ1) is 78.0. The largest absolute Gasteiger partial charge is 0.756 e. The van der Waals surface area contributed by atoms with E-state index in [0.29, 0.717) is 17.4 Å². The van der Waals surface area contributed by atoms with E-state index in [-0.39, 0.29) is 31.5 Å². The number of carbonyl (C=O) groups excluding carboxylic acids is 2. The van der Waals surface area contributed by atoms with Gasteiger partial charge < -0.3 is 28.5 Å². The lowest BCUT2D eigenvalue weighted by Gasteiger charge is -2.30. The van der Waals surface area contributed by atoms with Crippen LogP contribution in [-0.4, -0.2) is 69.4 Å². The van der Waals surface area contributed by atoms with Crippen molar-refractivity contribution >= 4 is 19.7 Å². The van der Waals surface area contributed by atoms with Gasteiger partial charge in [0.25, 0.3) is 7.82 Å². The average Bonchev–Trinajstić information content (AvgIpc) is 3.42. The molecule has 470 valence electrons. The summed E-state index contributed by atoms with van der Waals surface area (Å²) in [5.41, 5.74) is 0. The van der Waals surface area contributed by atoms with Crippen molar-refractivity contribution in [2.45, 2.75) is 348 Å². The Hall–Kier alpha value is -2.03. The average molecular weight is 1150 g/mol. The maximum atomic E-state index is 13.6. The van der Waals surface area contributed by atoms with E-state index >= 15 is 0 Å². The number of hydrogen-bond donors (Lipinski definition) is 1. The van der Waals surface area contributed by atoms with Crippen molar-refractivity contribution in [2.75, 3.05) is 40.9 Å². The number of likely N-dealkylation sites (N-methyl/N-ethyl adjacent to an activating group) is 1. The summed E-state index contributed by atoms with van der Waals surface area (Å²) in [6, 6.07) is -0.886. The molecule has 0 aromatic heterocycles. The molecule has 0 rings (SSSR count). The predicted octanol–water partition coefficient (Wildman–Crippen LogP) is 21.0. The molecule has 0 bridgehead atoms. The summed E-state index contributed by atoms with van der Waals surface area (Å²) < 4.78 is 30.4. The molecule has 0 aromatic rings. The summed E-state index contributed by atoms with van der Waals surface area (Å²) in [4.78, 5) is 40.1. The number of carbonyl (C=O) groups is 2. The van der Waals surface area contributed by atoms with E-state index in [1.165, 1.54) is 231 Å². The molecule has 0 aliphatic carbocycles. The maximum absolute atomic E-state index is 13.6. The summed E-state index contributed by atoms with van der Waals surface area (Å²) in [6.07, 6.45) is 75.1. The number of hydrogen-bond acceptors (Lipinski definition) is 7. The smallest absolute Gasteiger partial charge is 0.306 e. The van der Waals surface area contributed by atoms with E-state index in [1.807, 2.05) is 33.3 Å². The number of nitrogens with one attached hydrogen (secondary N) is 1. The van der Waals surface area contributed by atoms with Gasteiger partial charge in [-0.1, -0.05) is 301 Å². The van der Waals surface area contributed by atoms with Crippen LogP contribution in [0.4, 0.5) is 0 Å². The van der Waals surface area contributed by atoms with Gasteiger partial charge in [-0.25, -0.2) is 0 Å². The molecule has 1 amide bonds. The highest BCUT2D eigenvalue weighted by molar-refractivity contribution is 7.45. The first-order chi connectivity index (χ1) is 38.9. The normalized spacial score (nSPS) is 13.8. The fraction of sp³-hybridized carbons (Fsp3) is 0.857. The molecule has 0 aliphatic heterocycles. The van der Waals surface area contributed by atoms with Crippen molar-refractivity contribution in [3.63, 3.8) is 0 Å². The highest BCUT2D eigenvalue weighted by Crippen LogP contribution is 2.38. The van der Waals surface area contributed by atoms with E-state index in [9.17, 15) is 19.0 Å². The third-order valence-corrected chi connectivity index (χ3v) is 16.5. The van der Waals surface area contributed by atoms with Gasteiger partial charge >= 0.3 is 5.97 Å². The second-order valence-electron chi connectivity index (χ2n) is 24.7. The monoisotopic (exact) mass is 1140 g/mol. The first-order valence-electron chi connectivity index (χ1n) is 34.4. The fourth-order valence-electron chi connectivity index (χ4n) is 10.2. The molecule has 0 heterocycles. The summed E-state index contributed by atoms with van der Waals surface area (Å²) in [5.74, 6) is -0.527. The Labute approximate surface area is 497 Å². The number of unbranched alkanes of at least 4 members (excludes halogenated alkanes) is 41. The van der Waals surface area contributed by atoms with Gasteiger partial charge in [0.15, 0.2) is 0 Å². The van der Waals surface area contributed by atoms with Crippen LogP contribution in [0.2, 0.25) is 0 Å².